The van der Waals surface area contributed by atoms with E-state index in [9.17, 15) is 17.6 Å². The number of ether oxygens (including phenoxy) is 7. The molecule has 4 rings (SSSR count). The molecule has 0 saturated carbocycles. The fraction of sp³-hybridized carbons (Fsp3) is 0.571. The van der Waals surface area contributed by atoms with Crippen molar-refractivity contribution in [3.05, 3.63) is 52.0 Å². The zero-order valence-electron chi connectivity index (χ0n) is 22.3. The lowest BCUT2D eigenvalue weighted by atomic mass is 10.2. The Bertz CT molecular complexity index is 1080. The van der Waals surface area contributed by atoms with Crippen LogP contribution in [-0.2, 0) is 18.9 Å². The van der Waals surface area contributed by atoms with Crippen molar-refractivity contribution in [2.45, 2.75) is 71.8 Å². The van der Waals surface area contributed by atoms with Crippen LogP contribution in [0, 0.1) is 0 Å². The monoisotopic (exact) mass is 640 g/mol. The minimum Gasteiger partial charge on any atom is -0.496 e. The maximum atomic E-state index is 12.9. The molecule has 226 valence electrons. The number of alkyl halides is 4. The second kappa shape index (κ2) is 14.7. The van der Waals surface area contributed by atoms with E-state index in [0.717, 1.165) is 0 Å². The smallest absolute Gasteiger partial charge is 0.267 e. The average molecular weight is 641 g/mol. The molecular weight excluding hydrogens is 604 g/mol. The second-order valence-electron chi connectivity index (χ2n) is 9.71. The predicted octanol–water partition coefficient (Wildman–Crippen LogP) is 7.72. The van der Waals surface area contributed by atoms with Gasteiger partial charge in [-0.3, -0.25) is 0 Å². The molecule has 2 heterocycles. The molecule has 12 heteroatoms. The van der Waals surface area contributed by atoms with Gasteiger partial charge in [-0.2, -0.15) is 0 Å². The highest BCUT2D eigenvalue weighted by Crippen LogP contribution is 2.33. The minimum absolute atomic E-state index is 0. The van der Waals surface area contributed by atoms with E-state index in [-0.39, 0.29) is 49.7 Å². The second-order valence-corrected chi connectivity index (χ2v) is 10.6. The van der Waals surface area contributed by atoms with E-state index in [0.29, 0.717) is 29.2 Å². The quantitative estimate of drug-likeness (QED) is 0.260. The molecule has 2 saturated heterocycles. The largest absolute Gasteiger partial charge is 0.496 e. The van der Waals surface area contributed by atoms with Crippen LogP contribution in [0.3, 0.4) is 0 Å². The Morgan fingerprint density at radius 3 is 1.65 bits per heavy atom. The number of benzene rings is 2. The highest BCUT2D eigenvalue weighted by atomic mass is 79.9. The van der Waals surface area contributed by atoms with E-state index < -0.39 is 24.4 Å². The van der Waals surface area contributed by atoms with Crippen LogP contribution in [0.1, 0.15) is 59.1 Å². The van der Waals surface area contributed by atoms with Gasteiger partial charge in [-0.15, -0.1) is 0 Å². The molecule has 2 aromatic carbocycles. The molecule has 0 bridgehead atoms. The highest BCUT2D eigenvalue weighted by Gasteiger charge is 2.34. The summed E-state index contributed by atoms with van der Waals surface area (Å²) in [6, 6.07) is 8.85. The van der Waals surface area contributed by atoms with E-state index in [1.165, 1.54) is 25.3 Å². The third kappa shape index (κ3) is 10.1. The van der Waals surface area contributed by atoms with Crippen molar-refractivity contribution < 1.29 is 50.7 Å². The number of halogens is 5. The van der Waals surface area contributed by atoms with E-state index in [2.05, 4.69) is 15.9 Å². The Hall–Kier alpha value is -2.12. The normalized spacial score (nSPS) is 21.0. The Balaban J connectivity index is 0.000000274. The summed E-state index contributed by atoms with van der Waals surface area (Å²) in [5, 5.41) is 0. The zero-order valence-corrected chi connectivity index (χ0v) is 23.9. The maximum Gasteiger partial charge on any atom is 0.267 e. The summed E-state index contributed by atoms with van der Waals surface area (Å²) >= 11 is 3.08. The summed E-state index contributed by atoms with van der Waals surface area (Å²) in [6.07, 6.45) is -5.54. The van der Waals surface area contributed by atoms with Crippen LogP contribution in [-0.4, -0.2) is 57.3 Å². The molecule has 40 heavy (non-hydrogen) atoms. The first kappa shape index (κ1) is 34.1. The Morgan fingerprint density at radius 2 is 1.25 bits per heavy atom. The van der Waals surface area contributed by atoms with Gasteiger partial charge in [0.2, 0.25) is 0 Å². The van der Waals surface area contributed by atoms with Crippen molar-refractivity contribution in [1.29, 1.82) is 0 Å². The zero-order chi connectivity index (χ0) is 28.8. The van der Waals surface area contributed by atoms with Crippen molar-refractivity contribution in [3.8, 4) is 17.2 Å². The van der Waals surface area contributed by atoms with Gasteiger partial charge in [0.05, 0.1) is 25.9 Å². The fourth-order valence-corrected chi connectivity index (χ4v) is 4.24. The van der Waals surface area contributed by atoms with Crippen LogP contribution in [0.25, 0.3) is 0 Å². The summed E-state index contributed by atoms with van der Waals surface area (Å²) in [6.45, 7) is 8.65. The van der Waals surface area contributed by atoms with Gasteiger partial charge in [0.15, 0.2) is 11.6 Å². The molecule has 2 aromatic rings. The van der Waals surface area contributed by atoms with Crippen LogP contribution < -0.4 is 14.2 Å². The molecule has 0 unspecified atom stereocenters. The van der Waals surface area contributed by atoms with Crippen molar-refractivity contribution in [2.24, 2.45) is 0 Å². The highest BCUT2D eigenvalue weighted by molar-refractivity contribution is 9.10. The first-order chi connectivity index (χ1) is 18.3. The van der Waals surface area contributed by atoms with E-state index in [4.69, 9.17) is 33.2 Å². The van der Waals surface area contributed by atoms with Crippen molar-refractivity contribution in [3.63, 3.8) is 0 Å². The SMILES string of the molecule is C.CC1(C)OC[C@H](COc2ccc(Br)c(C(F)F)c2)O1.COc1ccc(OC[C@H]2COC(C)(C)O2)cc1C(F)F. The van der Waals surface area contributed by atoms with Crippen molar-refractivity contribution in [2.75, 3.05) is 33.5 Å². The number of methoxy groups -OCH3 is 1. The molecule has 0 aliphatic carbocycles. The standard InChI is InChI=1S/C14H18F2O4.C13H15BrF2O3.CH4/c1-14(2)19-8-10(20-14)7-18-9-4-5-12(17-3)11(6-9)13(15)16;1-13(2)18-7-9(19-13)6-17-8-3-4-11(14)10(5-8)12(15)16;/h4-6,10,13H,7-8H2,1-3H3;3-5,9,12H,6-7H2,1-2H3;1H4/t10-;9-;/m00./s1. The fourth-order valence-electron chi connectivity index (χ4n) is 3.82. The summed E-state index contributed by atoms with van der Waals surface area (Å²) in [5.41, 5.74) is -0.268. The summed E-state index contributed by atoms with van der Waals surface area (Å²) in [7, 11) is 1.35. The number of hydrogen-bond acceptors (Lipinski definition) is 7. The lowest BCUT2D eigenvalue weighted by molar-refractivity contribution is -0.141. The molecule has 2 fully saturated rings. The molecule has 0 amide bonds. The molecular formula is C28H37BrF4O7. The maximum absolute atomic E-state index is 12.9. The van der Waals surface area contributed by atoms with Crippen LogP contribution in [0.2, 0.25) is 0 Å². The molecule has 2 aliphatic heterocycles. The van der Waals surface area contributed by atoms with Gasteiger partial charge in [-0.25, -0.2) is 17.6 Å². The molecule has 2 atom stereocenters. The van der Waals surface area contributed by atoms with Gasteiger partial charge in [0.25, 0.3) is 12.9 Å². The van der Waals surface area contributed by atoms with Crippen LogP contribution in [0.4, 0.5) is 17.6 Å². The van der Waals surface area contributed by atoms with Crippen LogP contribution >= 0.6 is 15.9 Å². The van der Waals surface area contributed by atoms with E-state index in [1.54, 1.807) is 18.2 Å². The predicted molar refractivity (Wildman–Crippen MR) is 145 cm³/mol. The van der Waals surface area contributed by atoms with Crippen molar-refractivity contribution >= 4 is 15.9 Å². The topological polar surface area (TPSA) is 64.6 Å². The average Bonchev–Trinajstić information content (AvgIpc) is 3.41. The van der Waals surface area contributed by atoms with E-state index >= 15 is 0 Å². The summed E-state index contributed by atoms with van der Waals surface area (Å²) < 4.78 is 89.3. The van der Waals surface area contributed by atoms with Crippen molar-refractivity contribution in [1.82, 2.24) is 0 Å². The molecule has 7 nitrogen and oxygen atoms in total. The first-order valence-electron chi connectivity index (χ1n) is 12.2. The van der Waals surface area contributed by atoms with Gasteiger partial charge in [-0.1, -0.05) is 23.4 Å². The lowest BCUT2D eigenvalue weighted by Gasteiger charge is -2.17. The molecule has 2 aliphatic rings. The van der Waals surface area contributed by atoms with Crippen LogP contribution in [0.15, 0.2) is 40.9 Å². The number of hydrogen-bond donors (Lipinski definition) is 0. The number of rotatable bonds is 9. The van der Waals surface area contributed by atoms with Gasteiger partial charge in [-0.05, 0) is 64.1 Å². The Morgan fingerprint density at radius 1 is 0.800 bits per heavy atom. The van der Waals surface area contributed by atoms with Gasteiger partial charge < -0.3 is 33.2 Å². The van der Waals surface area contributed by atoms with Gasteiger partial charge in [0.1, 0.15) is 42.7 Å². The Kier molecular flexibility index (Phi) is 12.5. The molecule has 0 N–H and O–H groups in total. The first-order valence-corrected chi connectivity index (χ1v) is 13.0. The summed E-state index contributed by atoms with van der Waals surface area (Å²) in [5.74, 6) is -0.334. The van der Waals surface area contributed by atoms with Gasteiger partial charge >= 0.3 is 0 Å². The van der Waals surface area contributed by atoms with Crippen LogP contribution in [0.5, 0.6) is 17.2 Å². The Labute approximate surface area is 241 Å². The lowest BCUT2D eigenvalue weighted by Crippen LogP contribution is -2.25. The third-order valence-corrected chi connectivity index (χ3v) is 6.37. The van der Waals surface area contributed by atoms with Gasteiger partial charge in [0, 0.05) is 10.0 Å². The van der Waals surface area contributed by atoms with E-state index in [1.807, 2.05) is 27.7 Å². The molecule has 0 radical (unpaired) electrons. The molecule has 0 aromatic heterocycles. The minimum atomic E-state index is -2.61. The summed E-state index contributed by atoms with van der Waals surface area (Å²) in [4.78, 5) is 0. The third-order valence-electron chi connectivity index (χ3n) is 5.65. The molecule has 0 spiro atoms.